The van der Waals surface area contributed by atoms with Crippen molar-refractivity contribution in [1.29, 1.82) is 0 Å². The molecule has 2 aliphatic heterocycles. The van der Waals surface area contributed by atoms with Crippen molar-refractivity contribution in [1.82, 2.24) is 15.1 Å². The first-order chi connectivity index (χ1) is 14.8. The van der Waals surface area contributed by atoms with Crippen LogP contribution in [0.25, 0.3) is 0 Å². The average molecular weight is 546 g/mol. The van der Waals surface area contributed by atoms with Crippen LogP contribution < -0.4 is 5.32 Å². The van der Waals surface area contributed by atoms with Crippen molar-refractivity contribution in [2.24, 2.45) is 4.99 Å². The van der Waals surface area contributed by atoms with Crippen LogP contribution in [-0.4, -0.2) is 88.6 Å². The van der Waals surface area contributed by atoms with Crippen LogP contribution in [0.15, 0.2) is 29.3 Å². The van der Waals surface area contributed by atoms with E-state index in [4.69, 9.17) is 14.2 Å². The van der Waals surface area contributed by atoms with E-state index in [1.54, 1.807) is 7.11 Å². The second kappa shape index (κ2) is 15.0. The van der Waals surface area contributed by atoms with Crippen molar-refractivity contribution in [3.63, 3.8) is 0 Å². The van der Waals surface area contributed by atoms with Crippen molar-refractivity contribution < 1.29 is 14.2 Å². The summed E-state index contributed by atoms with van der Waals surface area (Å²) in [6.45, 7) is 8.95. The summed E-state index contributed by atoms with van der Waals surface area (Å²) in [5.41, 5.74) is 2.71. The molecule has 2 heterocycles. The van der Waals surface area contributed by atoms with Crippen LogP contribution in [0.3, 0.4) is 0 Å². The molecule has 7 nitrogen and oxygen atoms in total. The maximum Gasteiger partial charge on any atom is 0.193 e. The highest BCUT2D eigenvalue weighted by molar-refractivity contribution is 14.0. The zero-order valence-electron chi connectivity index (χ0n) is 19.1. The molecule has 3 rings (SSSR count). The maximum absolute atomic E-state index is 5.98. The first-order valence-electron chi connectivity index (χ1n) is 11.2. The van der Waals surface area contributed by atoms with E-state index in [0.717, 1.165) is 90.9 Å². The summed E-state index contributed by atoms with van der Waals surface area (Å²) in [5, 5.41) is 3.58. The number of benzene rings is 1. The molecule has 0 saturated carbocycles. The Kier molecular flexibility index (Phi) is 12.7. The molecule has 1 aromatic rings. The molecular weight excluding hydrogens is 507 g/mol. The molecule has 0 radical (unpaired) electrons. The smallest absolute Gasteiger partial charge is 0.193 e. The Labute approximate surface area is 204 Å². The summed E-state index contributed by atoms with van der Waals surface area (Å²) in [4.78, 5) is 9.34. The van der Waals surface area contributed by atoms with Gasteiger partial charge in [0.15, 0.2) is 5.96 Å². The van der Waals surface area contributed by atoms with Crippen molar-refractivity contribution >= 4 is 29.9 Å². The lowest BCUT2D eigenvalue weighted by Gasteiger charge is -2.34. The predicted molar refractivity (Wildman–Crippen MR) is 135 cm³/mol. The molecule has 2 saturated heterocycles. The Balaban J connectivity index is 0.00000341. The van der Waals surface area contributed by atoms with Crippen molar-refractivity contribution in [2.75, 3.05) is 66.8 Å². The van der Waals surface area contributed by atoms with Crippen LogP contribution in [0.5, 0.6) is 0 Å². The Morgan fingerprint density at radius 3 is 2.48 bits per heavy atom. The summed E-state index contributed by atoms with van der Waals surface area (Å²) in [6, 6.07) is 8.71. The van der Waals surface area contributed by atoms with Crippen LogP contribution in [0, 0.1) is 0 Å². The summed E-state index contributed by atoms with van der Waals surface area (Å²) in [7, 11) is 3.60. The number of nitrogens with one attached hydrogen (secondary N) is 1. The van der Waals surface area contributed by atoms with Gasteiger partial charge >= 0.3 is 0 Å². The minimum Gasteiger partial charge on any atom is -0.385 e. The van der Waals surface area contributed by atoms with E-state index in [1.807, 2.05) is 7.05 Å². The van der Waals surface area contributed by atoms with Crippen LogP contribution in [-0.2, 0) is 27.3 Å². The predicted octanol–water partition coefficient (Wildman–Crippen LogP) is 2.73. The molecule has 1 aromatic carbocycles. The number of aliphatic imine (C=N–C) groups is 1. The van der Waals surface area contributed by atoms with Crippen molar-refractivity contribution in [3.8, 4) is 0 Å². The van der Waals surface area contributed by atoms with E-state index < -0.39 is 0 Å². The molecule has 0 atom stereocenters. The van der Waals surface area contributed by atoms with Gasteiger partial charge in [-0.3, -0.25) is 9.89 Å². The van der Waals surface area contributed by atoms with E-state index in [0.29, 0.717) is 6.10 Å². The number of hydrogen-bond acceptors (Lipinski definition) is 5. The molecule has 0 aromatic heterocycles. The number of hydrogen-bond donors (Lipinski definition) is 1. The molecule has 0 unspecified atom stereocenters. The summed E-state index contributed by atoms with van der Waals surface area (Å²) >= 11 is 0. The fraction of sp³-hybridized carbons (Fsp3) is 0.696. The normalized spacial score (nSPS) is 18.6. The first kappa shape index (κ1) is 26.3. The van der Waals surface area contributed by atoms with E-state index in [2.05, 4.69) is 44.4 Å². The van der Waals surface area contributed by atoms with E-state index in [-0.39, 0.29) is 24.0 Å². The topological polar surface area (TPSA) is 58.6 Å². The first-order valence-corrected chi connectivity index (χ1v) is 11.2. The van der Waals surface area contributed by atoms with Gasteiger partial charge < -0.3 is 24.4 Å². The zero-order valence-corrected chi connectivity index (χ0v) is 21.4. The highest BCUT2D eigenvalue weighted by atomic mass is 127. The highest BCUT2D eigenvalue weighted by Crippen LogP contribution is 2.16. The monoisotopic (exact) mass is 546 g/mol. The number of morpholine rings is 1. The van der Waals surface area contributed by atoms with E-state index in [9.17, 15) is 0 Å². The molecule has 0 aliphatic carbocycles. The lowest BCUT2D eigenvalue weighted by Crippen LogP contribution is -2.46. The van der Waals surface area contributed by atoms with Crippen LogP contribution >= 0.6 is 24.0 Å². The van der Waals surface area contributed by atoms with Crippen molar-refractivity contribution in [3.05, 3.63) is 35.4 Å². The van der Waals surface area contributed by atoms with Crippen LogP contribution in [0.2, 0.25) is 0 Å². The van der Waals surface area contributed by atoms with Crippen molar-refractivity contribution in [2.45, 2.75) is 38.5 Å². The SMILES string of the molecule is CN=C(NCc1ccccc1CN1CCOCC1)N1CCC(OCCCOC)CC1.I. The Bertz CT molecular complexity index is 647. The van der Waals surface area contributed by atoms with Crippen LogP contribution in [0.4, 0.5) is 0 Å². The third-order valence-electron chi connectivity index (χ3n) is 5.85. The number of ether oxygens (including phenoxy) is 3. The Hall–Kier alpha value is -0.940. The second-order valence-electron chi connectivity index (χ2n) is 7.96. The van der Waals surface area contributed by atoms with Gasteiger partial charge in [0.05, 0.1) is 19.3 Å². The molecular formula is C23H39IN4O3. The number of rotatable bonds is 9. The molecule has 8 heteroatoms. The van der Waals surface area contributed by atoms with E-state index in [1.165, 1.54) is 11.1 Å². The molecule has 0 amide bonds. The molecule has 0 bridgehead atoms. The number of methoxy groups -OCH3 is 1. The van der Waals surface area contributed by atoms with Gasteiger partial charge in [0, 0.05) is 66.6 Å². The van der Waals surface area contributed by atoms with Gasteiger partial charge in [-0.2, -0.15) is 0 Å². The van der Waals surface area contributed by atoms with Gasteiger partial charge in [-0.15, -0.1) is 24.0 Å². The molecule has 2 aliphatic rings. The number of halogens is 1. The highest BCUT2D eigenvalue weighted by Gasteiger charge is 2.22. The lowest BCUT2D eigenvalue weighted by molar-refractivity contribution is 0.00989. The average Bonchev–Trinajstić information content (AvgIpc) is 2.80. The number of guanidine groups is 1. The number of piperidine rings is 1. The molecule has 2 fully saturated rings. The fourth-order valence-electron chi connectivity index (χ4n) is 4.08. The zero-order chi connectivity index (χ0) is 21.0. The quantitative estimate of drug-likeness (QED) is 0.223. The minimum atomic E-state index is 0. The number of likely N-dealkylation sites (tertiary alicyclic amines) is 1. The maximum atomic E-state index is 5.98. The van der Waals surface area contributed by atoms with Gasteiger partial charge in [0.2, 0.25) is 0 Å². The molecule has 0 spiro atoms. The van der Waals surface area contributed by atoms with Crippen LogP contribution in [0.1, 0.15) is 30.4 Å². The standard InChI is InChI=1S/C23H38N4O3.HI/c1-24-23(27-10-8-22(9-11-27)30-15-5-14-28-2)25-18-20-6-3-4-7-21(20)19-26-12-16-29-17-13-26;/h3-4,6-7,22H,5,8-19H2,1-2H3,(H,24,25);1H. The largest absolute Gasteiger partial charge is 0.385 e. The van der Waals surface area contributed by atoms with E-state index >= 15 is 0 Å². The molecule has 1 N–H and O–H groups in total. The van der Waals surface area contributed by atoms with Gasteiger partial charge in [-0.05, 0) is 30.4 Å². The number of nitrogens with zero attached hydrogens (tertiary/aromatic N) is 3. The van der Waals surface area contributed by atoms with Gasteiger partial charge in [-0.1, -0.05) is 24.3 Å². The molecule has 176 valence electrons. The Morgan fingerprint density at radius 2 is 1.81 bits per heavy atom. The third-order valence-corrected chi connectivity index (χ3v) is 5.85. The summed E-state index contributed by atoms with van der Waals surface area (Å²) in [5.74, 6) is 0.981. The fourth-order valence-corrected chi connectivity index (χ4v) is 4.08. The lowest BCUT2D eigenvalue weighted by atomic mass is 10.1. The summed E-state index contributed by atoms with van der Waals surface area (Å²) in [6.07, 6.45) is 3.40. The minimum absolute atomic E-state index is 0. The summed E-state index contributed by atoms with van der Waals surface area (Å²) < 4.78 is 16.6. The third kappa shape index (κ3) is 8.84. The Morgan fingerprint density at radius 1 is 1.10 bits per heavy atom. The molecule has 31 heavy (non-hydrogen) atoms. The second-order valence-corrected chi connectivity index (χ2v) is 7.96. The van der Waals surface area contributed by atoms with Gasteiger partial charge in [-0.25, -0.2) is 0 Å². The van der Waals surface area contributed by atoms with Gasteiger partial charge in [0.1, 0.15) is 0 Å². The van der Waals surface area contributed by atoms with Gasteiger partial charge in [0.25, 0.3) is 0 Å².